The number of aliphatic imine (C=N–C) groups is 1. The Morgan fingerprint density at radius 1 is 1.19 bits per heavy atom. The number of non-ortho nitro benzene ring substituents is 1. The average molecular weight is 507 g/mol. The van der Waals surface area contributed by atoms with Crippen molar-refractivity contribution in [3.8, 4) is 0 Å². The molecule has 1 atom stereocenters. The normalized spacial score (nSPS) is 16.9. The van der Waals surface area contributed by atoms with E-state index in [0.29, 0.717) is 22.1 Å². The van der Waals surface area contributed by atoms with Crippen molar-refractivity contribution in [1.29, 1.82) is 0 Å². The molecule has 2 aliphatic heterocycles. The summed E-state index contributed by atoms with van der Waals surface area (Å²) in [4.78, 5) is 43.8. The second kappa shape index (κ2) is 10.8. The van der Waals surface area contributed by atoms with Gasteiger partial charge in [0.05, 0.1) is 35.3 Å². The Balaban J connectivity index is 1.90. The molecule has 0 saturated carbocycles. The Bertz CT molecular complexity index is 1290. The van der Waals surface area contributed by atoms with Crippen molar-refractivity contribution in [2.75, 3.05) is 6.61 Å². The average Bonchev–Trinajstić information content (AvgIpc) is 3.25. The first-order chi connectivity index (χ1) is 17.3. The summed E-state index contributed by atoms with van der Waals surface area (Å²) < 4.78 is 5.45. The molecule has 10 heteroatoms. The van der Waals surface area contributed by atoms with Crippen molar-refractivity contribution in [2.24, 2.45) is 4.99 Å². The molecule has 0 bridgehead atoms. The highest BCUT2D eigenvalue weighted by Crippen LogP contribution is 2.47. The zero-order valence-corrected chi connectivity index (χ0v) is 21.0. The number of carbonyl (C=O) groups is 2. The lowest BCUT2D eigenvalue weighted by atomic mass is 9.91. The van der Waals surface area contributed by atoms with Crippen LogP contribution in [0.25, 0.3) is 5.70 Å². The third-order valence-corrected chi connectivity index (χ3v) is 6.43. The van der Waals surface area contributed by atoms with Gasteiger partial charge in [0.15, 0.2) is 5.17 Å². The fourth-order valence-corrected chi connectivity index (χ4v) is 5.07. The van der Waals surface area contributed by atoms with Crippen molar-refractivity contribution in [2.45, 2.75) is 39.3 Å². The number of hydrogen-bond acceptors (Lipinski definition) is 8. The first-order valence-electron chi connectivity index (χ1n) is 11.5. The van der Waals surface area contributed by atoms with Gasteiger partial charge in [-0.25, -0.2) is 9.79 Å². The van der Waals surface area contributed by atoms with Crippen molar-refractivity contribution in [1.82, 2.24) is 10.2 Å². The van der Waals surface area contributed by atoms with Gasteiger partial charge in [0, 0.05) is 29.4 Å². The number of amides is 1. The number of amidine groups is 1. The molecule has 0 spiro atoms. The van der Waals surface area contributed by atoms with Crippen molar-refractivity contribution in [3.63, 3.8) is 0 Å². The van der Waals surface area contributed by atoms with Gasteiger partial charge in [0.2, 0.25) is 5.91 Å². The molecule has 0 fully saturated rings. The highest BCUT2D eigenvalue weighted by Gasteiger charge is 2.42. The third kappa shape index (κ3) is 5.18. The van der Waals surface area contributed by atoms with Gasteiger partial charge in [-0.3, -0.25) is 14.9 Å². The van der Waals surface area contributed by atoms with Crippen LogP contribution in [0.5, 0.6) is 0 Å². The van der Waals surface area contributed by atoms with Gasteiger partial charge in [-0.1, -0.05) is 54.2 Å². The van der Waals surface area contributed by atoms with Crippen LogP contribution in [0.1, 0.15) is 44.4 Å². The first kappa shape index (κ1) is 25.2. The summed E-state index contributed by atoms with van der Waals surface area (Å²) in [5.41, 5.74) is 2.47. The molecule has 2 heterocycles. The molecule has 0 aliphatic carbocycles. The highest BCUT2D eigenvalue weighted by atomic mass is 32.2. The van der Waals surface area contributed by atoms with Crippen LogP contribution in [0.2, 0.25) is 0 Å². The number of carbonyl (C=O) groups excluding carboxylic acids is 2. The predicted octanol–water partition coefficient (Wildman–Crippen LogP) is 4.78. The Hall–Kier alpha value is -3.92. The monoisotopic (exact) mass is 506 g/mol. The van der Waals surface area contributed by atoms with Gasteiger partial charge in [-0.15, -0.1) is 0 Å². The van der Waals surface area contributed by atoms with Crippen LogP contribution in [0.3, 0.4) is 0 Å². The zero-order chi connectivity index (χ0) is 25.8. The standard InChI is InChI=1S/C26H26N4O5S/c1-4-35-25(32)22-23(17-9-6-5-7-10-17)28-26-29(20(15-36-26)14-21(31)27-16(2)3)24(22)18-11-8-12-19(13-18)30(33)34/h5-13,15-16,24H,4,14H2,1-3H3,(H,27,31). The quantitative estimate of drug-likeness (QED) is 0.311. The van der Waals surface area contributed by atoms with Crippen molar-refractivity contribution >= 4 is 40.2 Å². The minimum Gasteiger partial charge on any atom is -0.463 e. The maximum atomic E-state index is 13.4. The van der Waals surface area contributed by atoms with Gasteiger partial charge in [-0.05, 0) is 31.7 Å². The molecule has 2 aromatic rings. The van der Waals surface area contributed by atoms with E-state index in [1.807, 2.05) is 54.5 Å². The van der Waals surface area contributed by atoms with E-state index in [1.54, 1.807) is 19.1 Å². The fourth-order valence-electron chi connectivity index (χ4n) is 4.15. The van der Waals surface area contributed by atoms with E-state index in [4.69, 9.17) is 9.73 Å². The predicted molar refractivity (Wildman–Crippen MR) is 139 cm³/mol. The lowest BCUT2D eigenvalue weighted by molar-refractivity contribution is -0.384. The van der Waals surface area contributed by atoms with Crippen LogP contribution >= 0.6 is 11.8 Å². The van der Waals surface area contributed by atoms with Crippen LogP contribution in [0, 0.1) is 10.1 Å². The van der Waals surface area contributed by atoms with Crippen LogP contribution in [-0.2, 0) is 14.3 Å². The van der Waals surface area contributed by atoms with Crippen LogP contribution in [0.4, 0.5) is 5.69 Å². The van der Waals surface area contributed by atoms with Crippen LogP contribution in [-0.4, -0.2) is 39.5 Å². The molecule has 2 aliphatic rings. The number of nitro benzene ring substituents is 1. The number of esters is 1. The van der Waals surface area contributed by atoms with Gasteiger partial charge >= 0.3 is 5.97 Å². The SMILES string of the molecule is CCOC(=O)C1=C(c2ccccc2)N=C2SC=C(CC(=O)NC(C)C)N2C1c1cccc([N+](=O)[O-])c1. The van der Waals surface area contributed by atoms with E-state index in [0.717, 1.165) is 5.56 Å². The number of fused-ring (bicyclic) bond motifs is 1. The fraction of sp³-hybridized carbons (Fsp3) is 0.269. The van der Waals surface area contributed by atoms with E-state index >= 15 is 0 Å². The molecule has 36 heavy (non-hydrogen) atoms. The van der Waals surface area contributed by atoms with E-state index in [-0.39, 0.29) is 36.2 Å². The molecule has 0 saturated heterocycles. The molecule has 1 N–H and O–H groups in total. The molecule has 0 aromatic heterocycles. The van der Waals surface area contributed by atoms with E-state index in [2.05, 4.69) is 5.32 Å². The van der Waals surface area contributed by atoms with Gasteiger partial charge in [0.1, 0.15) is 0 Å². The molecule has 1 unspecified atom stereocenters. The summed E-state index contributed by atoms with van der Waals surface area (Å²) in [5.74, 6) is -0.745. The van der Waals surface area contributed by atoms with Gasteiger partial charge < -0.3 is 15.0 Å². The molecule has 9 nitrogen and oxygen atoms in total. The molecule has 1 amide bonds. The first-order valence-corrected chi connectivity index (χ1v) is 12.4. The number of ether oxygens (including phenoxy) is 1. The summed E-state index contributed by atoms with van der Waals surface area (Å²) in [6, 6.07) is 14.6. The number of benzene rings is 2. The Morgan fingerprint density at radius 2 is 1.94 bits per heavy atom. The maximum Gasteiger partial charge on any atom is 0.338 e. The van der Waals surface area contributed by atoms with Gasteiger partial charge in [-0.2, -0.15) is 0 Å². The highest BCUT2D eigenvalue weighted by molar-refractivity contribution is 8.16. The van der Waals surface area contributed by atoms with Gasteiger partial charge in [0.25, 0.3) is 5.69 Å². The lowest BCUT2D eigenvalue weighted by Crippen LogP contribution is -2.38. The Labute approximate surface area is 213 Å². The number of nitrogens with zero attached hydrogens (tertiary/aromatic N) is 3. The van der Waals surface area contributed by atoms with Crippen LogP contribution in [0.15, 0.2) is 76.3 Å². The molecular weight excluding hydrogens is 480 g/mol. The summed E-state index contributed by atoms with van der Waals surface area (Å²) >= 11 is 1.34. The molecule has 0 radical (unpaired) electrons. The van der Waals surface area contributed by atoms with Crippen molar-refractivity contribution in [3.05, 3.63) is 92.5 Å². The minimum absolute atomic E-state index is 0.0334. The van der Waals surface area contributed by atoms with E-state index in [1.165, 1.54) is 23.9 Å². The smallest absolute Gasteiger partial charge is 0.338 e. The van der Waals surface area contributed by atoms with Crippen molar-refractivity contribution < 1.29 is 19.2 Å². The van der Waals surface area contributed by atoms with E-state index < -0.39 is 16.9 Å². The molecule has 186 valence electrons. The number of thioether (sulfide) groups is 1. The number of rotatable bonds is 8. The molecule has 2 aromatic carbocycles. The second-order valence-electron chi connectivity index (χ2n) is 8.49. The maximum absolute atomic E-state index is 13.4. The minimum atomic E-state index is -0.778. The number of nitro groups is 1. The Morgan fingerprint density at radius 3 is 2.61 bits per heavy atom. The number of hydrogen-bond donors (Lipinski definition) is 1. The van der Waals surface area contributed by atoms with E-state index in [9.17, 15) is 19.7 Å². The Kier molecular flexibility index (Phi) is 7.54. The molecular formula is C26H26N4O5S. The zero-order valence-electron chi connectivity index (χ0n) is 20.1. The summed E-state index contributed by atoms with van der Waals surface area (Å²) in [6.07, 6.45) is 0.0619. The number of nitrogens with one attached hydrogen (secondary N) is 1. The molecule has 4 rings (SSSR count). The second-order valence-corrected chi connectivity index (χ2v) is 9.33. The summed E-state index contributed by atoms with van der Waals surface area (Å²) in [5, 5.41) is 16.9. The lowest BCUT2D eigenvalue weighted by Gasteiger charge is -2.36. The summed E-state index contributed by atoms with van der Waals surface area (Å²) in [6.45, 7) is 5.62. The topological polar surface area (TPSA) is 114 Å². The third-order valence-electron chi connectivity index (χ3n) is 5.54. The largest absolute Gasteiger partial charge is 0.463 e. The van der Waals surface area contributed by atoms with Crippen LogP contribution < -0.4 is 5.32 Å². The summed E-state index contributed by atoms with van der Waals surface area (Å²) in [7, 11) is 0.